The number of amides is 1. The van der Waals surface area contributed by atoms with E-state index in [1.165, 1.54) is 0 Å². The summed E-state index contributed by atoms with van der Waals surface area (Å²) in [6.07, 6.45) is 0. The van der Waals surface area contributed by atoms with Gasteiger partial charge in [0.25, 0.3) is 0 Å². The van der Waals surface area contributed by atoms with Crippen molar-refractivity contribution in [2.24, 2.45) is 0 Å². The number of para-hydroxylation sites is 1. The first kappa shape index (κ1) is 11.5. The predicted molar refractivity (Wildman–Crippen MR) is 58.5 cm³/mol. The van der Waals surface area contributed by atoms with Gasteiger partial charge in [-0.05, 0) is 13.1 Å². The second-order valence-electron chi connectivity index (χ2n) is 3.41. The van der Waals surface area contributed by atoms with E-state index in [1.807, 2.05) is 6.07 Å². The number of carbonyl (C=O) groups is 1. The molecule has 0 heterocycles. The van der Waals surface area contributed by atoms with Crippen LogP contribution >= 0.6 is 0 Å². The Morgan fingerprint density at radius 2 is 2.13 bits per heavy atom. The minimum atomic E-state index is 0.000697. The molecule has 0 radical (unpaired) electrons. The fraction of sp³-hybridized carbons (Fsp3) is 0.364. The van der Waals surface area contributed by atoms with Crippen LogP contribution in [0.15, 0.2) is 24.3 Å². The van der Waals surface area contributed by atoms with Gasteiger partial charge < -0.3 is 15.3 Å². The highest BCUT2D eigenvalue weighted by molar-refractivity contribution is 5.77. The van der Waals surface area contributed by atoms with E-state index in [4.69, 9.17) is 0 Å². The van der Waals surface area contributed by atoms with Crippen molar-refractivity contribution in [2.75, 3.05) is 20.6 Å². The molecule has 0 bridgehead atoms. The highest BCUT2D eigenvalue weighted by Gasteiger charge is 2.09. The van der Waals surface area contributed by atoms with Crippen molar-refractivity contribution >= 4 is 5.91 Å². The maximum absolute atomic E-state index is 11.4. The number of hydrogen-bond acceptors (Lipinski definition) is 3. The molecule has 15 heavy (non-hydrogen) atoms. The molecule has 82 valence electrons. The molecule has 1 aromatic carbocycles. The van der Waals surface area contributed by atoms with E-state index in [0.29, 0.717) is 13.1 Å². The summed E-state index contributed by atoms with van der Waals surface area (Å²) < 4.78 is 0. The molecule has 0 fully saturated rings. The van der Waals surface area contributed by atoms with Gasteiger partial charge in [0, 0.05) is 19.2 Å². The summed E-state index contributed by atoms with van der Waals surface area (Å²) in [4.78, 5) is 13.0. The highest BCUT2D eigenvalue weighted by atomic mass is 16.3. The molecule has 0 aromatic heterocycles. The molecule has 4 nitrogen and oxygen atoms in total. The van der Waals surface area contributed by atoms with Gasteiger partial charge in [0.05, 0.1) is 6.54 Å². The maximum atomic E-state index is 11.4. The Morgan fingerprint density at radius 3 is 2.73 bits per heavy atom. The van der Waals surface area contributed by atoms with Crippen molar-refractivity contribution in [3.8, 4) is 5.75 Å². The second kappa shape index (κ2) is 5.36. The van der Waals surface area contributed by atoms with Crippen LogP contribution in [0, 0.1) is 0 Å². The van der Waals surface area contributed by atoms with Crippen LogP contribution in [0.4, 0.5) is 0 Å². The number of phenolic OH excluding ortho intramolecular Hbond substituents is 1. The number of aromatic hydroxyl groups is 1. The SMILES string of the molecule is CNCC(=O)N(C)Cc1ccccc1O. The quantitative estimate of drug-likeness (QED) is 0.760. The van der Waals surface area contributed by atoms with Gasteiger partial charge in [0.1, 0.15) is 5.75 Å². The Kier molecular flexibility index (Phi) is 4.12. The molecule has 4 heteroatoms. The predicted octanol–water partition coefficient (Wildman–Crippen LogP) is 0.570. The van der Waals surface area contributed by atoms with Gasteiger partial charge in [0.2, 0.25) is 5.91 Å². The third-order valence-electron chi connectivity index (χ3n) is 2.15. The van der Waals surface area contributed by atoms with E-state index in [0.717, 1.165) is 5.56 Å². The van der Waals surface area contributed by atoms with Crippen LogP contribution in [0.3, 0.4) is 0 Å². The molecule has 0 aliphatic rings. The lowest BCUT2D eigenvalue weighted by molar-refractivity contribution is -0.129. The van der Waals surface area contributed by atoms with Crippen molar-refractivity contribution in [2.45, 2.75) is 6.54 Å². The van der Waals surface area contributed by atoms with Gasteiger partial charge >= 0.3 is 0 Å². The number of nitrogens with one attached hydrogen (secondary N) is 1. The average Bonchev–Trinajstić information content (AvgIpc) is 2.21. The molecule has 1 aromatic rings. The van der Waals surface area contributed by atoms with Crippen LogP contribution in [-0.2, 0) is 11.3 Å². The van der Waals surface area contributed by atoms with Crippen molar-refractivity contribution in [3.63, 3.8) is 0 Å². The molecular formula is C11H16N2O2. The van der Waals surface area contributed by atoms with Crippen LogP contribution < -0.4 is 5.32 Å². The summed E-state index contributed by atoms with van der Waals surface area (Å²) in [5, 5.41) is 12.3. The molecule has 0 atom stereocenters. The Morgan fingerprint density at radius 1 is 1.47 bits per heavy atom. The maximum Gasteiger partial charge on any atom is 0.236 e. The van der Waals surface area contributed by atoms with Gasteiger partial charge in [-0.1, -0.05) is 18.2 Å². The van der Waals surface area contributed by atoms with Crippen LogP contribution in [-0.4, -0.2) is 36.6 Å². The number of carbonyl (C=O) groups excluding carboxylic acids is 1. The van der Waals surface area contributed by atoms with Crippen LogP contribution in [0.5, 0.6) is 5.75 Å². The average molecular weight is 208 g/mol. The normalized spacial score (nSPS) is 10.0. The number of benzene rings is 1. The van der Waals surface area contributed by atoms with Crippen molar-refractivity contribution in [1.29, 1.82) is 0 Å². The lowest BCUT2D eigenvalue weighted by Gasteiger charge is -2.17. The van der Waals surface area contributed by atoms with Gasteiger partial charge in [-0.2, -0.15) is 0 Å². The van der Waals surface area contributed by atoms with Crippen molar-refractivity contribution < 1.29 is 9.90 Å². The summed E-state index contributed by atoms with van der Waals surface area (Å²) in [6, 6.07) is 7.02. The van der Waals surface area contributed by atoms with Crippen molar-refractivity contribution in [1.82, 2.24) is 10.2 Å². The molecule has 0 aliphatic carbocycles. The summed E-state index contributed by atoms with van der Waals surface area (Å²) in [6.45, 7) is 0.733. The molecule has 0 unspecified atom stereocenters. The van der Waals surface area contributed by atoms with Gasteiger partial charge in [0.15, 0.2) is 0 Å². The van der Waals surface area contributed by atoms with E-state index in [2.05, 4.69) is 5.32 Å². The molecule has 1 rings (SSSR count). The molecule has 2 N–H and O–H groups in total. The summed E-state index contributed by atoms with van der Waals surface area (Å²) in [5.41, 5.74) is 0.754. The molecule has 0 saturated carbocycles. The Hall–Kier alpha value is -1.55. The summed E-state index contributed by atoms with van der Waals surface area (Å²) in [7, 11) is 3.44. The third-order valence-corrected chi connectivity index (χ3v) is 2.15. The number of likely N-dealkylation sites (N-methyl/N-ethyl adjacent to an activating group) is 2. The Labute approximate surface area is 89.5 Å². The van der Waals surface area contributed by atoms with Crippen molar-refractivity contribution in [3.05, 3.63) is 29.8 Å². The monoisotopic (exact) mass is 208 g/mol. The number of rotatable bonds is 4. The van der Waals surface area contributed by atoms with E-state index >= 15 is 0 Å². The lowest BCUT2D eigenvalue weighted by atomic mass is 10.2. The minimum Gasteiger partial charge on any atom is -0.508 e. The summed E-state index contributed by atoms with van der Waals surface area (Å²) in [5.74, 6) is 0.224. The fourth-order valence-electron chi connectivity index (χ4n) is 1.27. The molecule has 1 amide bonds. The van der Waals surface area contributed by atoms with Gasteiger partial charge in [-0.3, -0.25) is 4.79 Å². The lowest BCUT2D eigenvalue weighted by Crippen LogP contribution is -2.33. The van der Waals surface area contributed by atoms with Gasteiger partial charge in [-0.15, -0.1) is 0 Å². The second-order valence-corrected chi connectivity index (χ2v) is 3.41. The fourth-order valence-corrected chi connectivity index (χ4v) is 1.27. The van der Waals surface area contributed by atoms with E-state index in [-0.39, 0.29) is 11.7 Å². The molecule has 0 aliphatic heterocycles. The number of nitrogens with zero attached hydrogens (tertiary/aromatic N) is 1. The standard InChI is InChI=1S/C11H16N2O2/c1-12-7-11(15)13(2)8-9-5-3-4-6-10(9)14/h3-6,12,14H,7-8H2,1-2H3. The zero-order valence-corrected chi connectivity index (χ0v) is 9.03. The number of hydrogen-bond donors (Lipinski definition) is 2. The van der Waals surface area contributed by atoms with Crippen LogP contribution in [0.2, 0.25) is 0 Å². The third kappa shape index (κ3) is 3.25. The minimum absolute atomic E-state index is 0.000697. The van der Waals surface area contributed by atoms with Gasteiger partial charge in [-0.25, -0.2) is 0 Å². The Balaban J connectivity index is 2.62. The Bertz CT molecular complexity index is 339. The van der Waals surface area contributed by atoms with E-state index in [1.54, 1.807) is 37.2 Å². The van der Waals surface area contributed by atoms with E-state index < -0.39 is 0 Å². The van der Waals surface area contributed by atoms with Crippen LogP contribution in [0.25, 0.3) is 0 Å². The van der Waals surface area contributed by atoms with Crippen LogP contribution in [0.1, 0.15) is 5.56 Å². The smallest absolute Gasteiger partial charge is 0.236 e. The largest absolute Gasteiger partial charge is 0.508 e. The zero-order valence-electron chi connectivity index (χ0n) is 9.03. The number of phenols is 1. The molecule has 0 spiro atoms. The molecule has 0 saturated heterocycles. The highest BCUT2D eigenvalue weighted by Crippen LogP contribution is 2.16. The first-order chi connectivity index (χ1) is 7.15. The topological polar surface area (TPSA) is 52.6 Å². The van der Waals surface area contributed by atoms with E-state index in [9.17, 15) is 9.90 Å². The zero-order chi connectivity index (χ0) is 11.3. The first-order valence-electron chi connectivity index (χ1n) is 4.80. The molecular weight excluding hydrogens is 192 g/mol. The first-order valence-corrected chi connectivity index (χ1v) is 4.80. The summed E-state index contributed by atoms with van der Waals surface area (Å²) >= 11 is 0.